The predicted octanol–water partition coefficient (Wildman–Crippen LogP) is 1.39. The van der Waals surface area contributed by atoms with Crippen molar-refractivity contribution in [1.82, 2.24) is 9.78 Å². The minimum atomic E-state index is 0.129. The highest BCUT2D eigenvalue weighted by molar-refractivity contribution is 14.1. The highest BCUT2D eigenvalue weighted by Crippen LogP contribution is 2.07. The van der Waals surface area contributed by atoms with Crippen LogP contribution in [0.4, 0.5) is 0 Å². The van der Waals surface area contributed by atoms with E-state index in [0.29, 0.717) is 6.54 Å². The van der Waals surface area contributed by atoms with Gasteiger partial charge in [-0.25, -0.2) is 0 Å². The third kappa shape index (κ3) is 2.28. The fraction of sp³-hybridized carbons (Fsp3) is 0.429. The number of aryl methyl sites for hydroxylation is 1. The van der Waals surface area contributed by atoms with Gasteiger partial charge in [0.2, 0.25) is 0 Å². The van der Waals surface area contributed by atoms with Crippen molar-refractivity contribution < 1.29 is 4.79 Å². The number of ketones is 1. The van der Waals surface area contributed by atoms with Crippen LogP contribution in [0.5, 0.6) is 0 Å². The molecule has 11 heavy (non-hydrogen) atoms. The van der Waals surface area contributed by atoms with E-state index in [9.17, 15) is 4.79 Å². The second-order valence-corrected chi connectivity index (χ2v) is 3.62. The van der Waals surface area contributed by atoms with Gasteiger partial charge in [-0.15, -0.1) is 0 Å². The fourth-order valence-corrected chi connectivity index (χ4v) is 1.23. The molecule has 0 bridgehead atoms. The molecule has 0 aliphatic heterocycles. The maximum Gasteiger partial charge on any atom is 0.151 e. The zero-order valence-corrected chi connectivity index (χ0v) is 8.62. The molecule has 0 fully saturated rings. The highest BCUT2D eigenvalue weighted by atomic mass is 127. The first-order valence-electron chi connectivity index (χ1n) is 3.28. The van der Waals surface area contributed by atoms with Crippen LogP contribution in [0.25, 0.3) is 0 Å². The van der Waals surface area contributed by atoms with Crippen LogP contribution in [0.1, 0.15) is 12.6 Å². The SMILES string of the molecule is CC(=O)Cn1cc(I)c(C)n1. The molecule has 1 aromatic heterocycles. The number of hydrogen-bond acceptors (Lipinski definition) is 2. The number of rotatable bonds is 2. The molecule has 0 saturated heterocycles. The third-order valence-electron chi connectivity index (χ3n) is 1.27. The van der Waals surface area contributed by atoms with Crippen LogP contribution in [0.2, 0.25) is 0 Å². The number of carbonyl (C=O) groups excluding carboxylic acids is 1. The van der Waals surface area contributed by atoms with Gasteiger partial charge in [-0.2, -0.15) is 5.10 Å². The lowest BCUT2D eigenvalue weighted by atomic mass is 10.4. The van der Waals surface area contributed by atoms with Crippen molar-refractivity contribution in [2.75, 3.05) is 0 Å². The molecule has 1 rings (SSSR count). The number of nitrogens with zero attached hydrogens (tertiary/aromatic N) is 2. The van der Waals surface area contributed by atoms with Gasteiger partial charge >= 0.3 is 0 Å². The Bertz CT molecular complexity index is 260. The molecular formula is C7H9IN2O. The van der Waals surface area contributed by atoms with Gasteiger partial charge in [-0.3, -0.25) is 9.48 Å². The van der Waals surface area contributed by atoms with Crippen molar-refractivity contribution in [3.05, 3.63) is 15.5 Å². The van der Waals surface area contributed by atoms with Gasteiger partial charge in [0.25, 0.3) is 0 Å². The summed E-state index contributed by atoms with van der Waals surface area (Å²) in [5.41, 5.74) is 0.979. The summed E-state index contributed by atoms with van der Waals surface area (Å²) in [7, 11) is 0. The number of Topliss-reactive ketones (excluding diaryl/α,β-unsaturated/α-hetero) is 1. The number of hydrogen-bond donors (Lipinski definition) is 0. The summed E-state index contributed by atoms with van der Waals surface area (Å²) in [6.07, 6.45) is 1.87. The van der Waals surface area contributed by atoms with E-state index in [-0.39, 0.29) is 5.78 Å². The predicted molar refractivity (Wildman–Crippen MR) is 50.4 cm³/mol. The van der Waals surface area contributed by atoms with E-state index < -0.39 is 0 Å². The number of carbonyl (C=O) groups is 1. The van der Waals surface area contributed by atoms with Gasteiger partial charge in [0.1, 0.15) is 0 Å². The zero-order valence-electron chi connectivity index (χ0n) is 6.47. The van der Waals surface area contributed by atoms with Crippen molar-refractivity contribution >= 4 is 28.4 Å². The Morgan fingerprint density at radius 2 is 2.45 bits per heavy atom. The van der Waals surface area contributed by atoms with E-state index >= 15 is 0 Å². The molecule has 4 heteroatoms. The summed E-state index contributed by atoms with van der Waals surface area (Å²) >= 11 is 2.20. The van der Waals surface area contributed by atoms with Crippen molar-refractivity contribution in [1.29, 1.82) is 0 Å². The lowest BCUT2D eigenvalue weighted by molar-refractivity contribution is -0.117. The molecule has 0 amide bonds. The quantitative estimate of drug-likeness (QED) is 0.756. The molecule has 3 nitrogen and oxygen atoms in total. The van der Waals surface area contributed by atoms with Crippen molar-refractivity contribution in [3.8, 4) is 0 Å². The van der Waals surface area contributed by atoms with E-state index in [1.807, 2.05) is 13.1 Å². The second kappa shape index (κ2) is 3.34. The molecular weight excluding hydrogens is 255 g/mol. The Morgan fingerprint density at radius 1 is 1.82 bits per heavy atom. The summed E-state index contributed by atoms with van der Waals surface area (Å²) in [6.45, 7) is 3.87. The van der Waals surface area contributed by atoms with E-state index in [1.54, 1.807) is 11.6 Å². The smallest absolute Gasteiger partial charge is 0.151 e. The first-order chi connectivity index (χ1) is 5.09. The van der Waals surface area contributed by atoms with Gasteiger partial charge in [-0.1, -0.05) is 0 Å². The molecule has 0 radical (unpaired) electrons. The Balaban J connectivity index is 2.81. The fourth-order valence-electron chi connectivity index (χ4n) is 0.803. The molecule has 0 aliphatic rings. The summed E-state index contributed by atoms with van der Waals surface area (Å²) in [5.74, 6) is 0.129. The molecule has 1 heterocycles. The Labute approximate surface area is 78.9 Å². The van der Waals surface area contributed by atoms with Gasteiger partial charge in [0.05, 0.1) is 15.8 Å². The van der Waals surface area contributed by atoms with Crippen molar-refractivity contribution in [3.63, 3.8) is 0 Å². The average Bonchev–Trinajstić information content (AvgIpc) is 2.10. The van der Waals surface area contributed by atoms with Crippen LogP contribution in [0.3, 0.4) is 0 Å². The number of aromatic nitrogens is 2. The summed E-state index contributed by atoms with van der Waals surface area (Å²) in [4.78, 5) is 10.7. The van der Waals surface area contributed by atoms with Gasteiger partial charge in [0, 0.05) is 6.20 Å². The van der Waals surface area contributed by atoms with Crippen LogP contribution in [0.15, 0.2) is 6.20 Å². The molecule has 1 aromatic rings. The van der Waals surface area contributed by atoms with E-state index in [0.717, 1.165) is 9.26 Å². The number of halogens is 1. The Kier molecular flexibility index (Phi) is 2.64. The normalized spacial score (nSPS) is 10.1. The first kappa shape index (κ1) is 8.70. The second-order valence-electron chi connectivity index (χ2n) is 2.46. The van der Waals surface area contributed by atoms with Crippen LogP contribution in [-0.4, -0.2) is 15.6 Å². The topological polar surface area (TPSA) is 34.9 Å². The monoisotopic (exact) mass is 264 g/mol. The molecule has 0 saturated carbocycles. The van der Waals surface area contributed by atoms with Gasteiger partial charge in [-0.05, 0) is 36.4 Å². The molecule has 0 aliphatic carbocycles. The van der Waals surface area contributed by atoms with Crippen LogP contribution in [0, 0.1) is 10.5 Å². The standard InChI is InChI=1S/C7H9IN2O/c1-5(11)3-10-4-7(8)6(2)9-10/h4H,3H2,1-2H3. The van der Waals surface area contributed by atoms with Crippen molar-refractivity contribution in [2.45, 2.75) is 20.4 Å². The third-order valence-corrected chi connectivity index (χ3v) is 2.33. The molecule has 0 unspecified atom stereocenters. The maximum absolute atomic E-state index is 10.7. The maximum atomic E-state index is 10.7. The van der Waals surface area contributed by atoms with Crippen molar-refractivity contribution in [2.24, 2.45) is 0 Å². The van der Waals surface area contributed by atoms with Gasteiger partial charge in [0.15, 0.2) is 5.78 Å². The Hall–Kier alpha value is -0.390. The van der Waals surface area contributed by atoms with E-state index in [4.69, 9.17) is 0 Å². The van der Waals surface area contributed by atoms with Crippen LogP contribution < -0.4 is 0 Å². The summed E-state index contributed by atoms with van der Waals surface area (Å²) in [5, 5.41) is 4.14. The molecule has 0 atom stereocenters. The average molecular weight is 264 g/mol. The zero-order chi connectivity index (χ0) is 8.43. The summed E-state index contributed by atoms with van der Waals surface area (Å²) < 4.78 is 2.77. The lowest BCUT2D eigenvalue weighted by Crippen LogP contribution is -2.06. The summed E-state index contributed by atoms with van der Waals surface area (Å²) in [6, 6.07) is 0. The van der Waals surface area contributed by atoms with Crippen LogP contribution >= 0.6 is 22.6 Å². The van der Waals surface area contributed by atoms with Crippen LogP contribution in [-0.2, 0) is 11.3 Å². The largest absolute Gasteiger partial charge is 0.298 e. The Morgan fingerprint density at radius 3 is 2.82 bits per heavy atom. The molecule has 0 aromatic carbocycles. The van der Waals surface area contributed by atoms with Gasteiger partial charge < -0.3 is 0 Å². The van der Waals surface area contributed by atoms with E-state index in [1.165, 1.54) is 0 Å². The highest BCUT2D eigenvalue weighted by Gasteiger charge is 2.01. The molecule has 60 valence electrons. The lowest BCUT2D eigenvalue weighted by Gasteiger charge is -1.93. The minimum absolute atomic E-state index is 0.129. The molecule has 0 N–H and O–H groups in total. The molecule has 0 spiro atoms. The minimum Gasteiger partial charge on any atom is -0.298 e. The van der Waals surface area contributed by atoms with E-state index in [2.05, 4.69) is 27.7 Å². The first-order valence-corrected chi connectivity index (χ1v) is 4.36.